The van der Waals surface area contributed by atoms with Crippen LogP contribution in [0.5, 0.6) is 5.75 Å². The second kappa shape index (κ2) is 13.4. The molecule has 4 aromatic carbocycles. The van der Waals surface area contributed by atoms with Gasteiger partial charge in [-0.05, 0) is 43.8 Å². The van der Waals surface area contributed by atoms with Gasteiger partial charge < -0.3 is 19.6 Å². The Kier molecular flexibility index (Phi) is 9.01. The van der Waals surface area contributed by atoms with Crippen molar-refractivity contribution in [2.24, 2.45) is 0 Å². The molecule has 2 heterocycles. The predicted molar refractivity (Wildman–Crippen MR) is 184 cm³/mol. The van der Waals surface area contributed by atoms with Crippen molar-refractivity contribution < 1.29 is 9.84 Å². The lowest BCUT2D eigenvalue weighted by molar-refractivity contribution is 0.155. The van der Waals surface area contributed by atoms with Crippen molar-refractivity contribution in [3.05, 3.63) is 161 Å². The molecule has 1 aliphatic heterocycles. The lowest BCUT2D eigenvalue weighted by atomic mass is 9.80. The molecule has 0 saturated carbocycles. The number of benzene rings is 4. The number of hydrogen-bond donors (Lipinski definition) is 1. The van der Waals surface area contributed by atoms with Gasteiger partial charge in [0.25, 0.3) is 0 Å². The summed E-state index contributed by atoms with van der Waals surface area (Å²) in [5.74, 6) is 0.663. The molecule has 0 amide bonds. The third-order valence-electron chi connectivity index (χ3n) is 8.22. The average Bonchev–Trinajstić information content (AvgIpc) is 3.09. The summed E-state index contributed by atoms with van der Waals surface area (Å²) in [6, 6.07) is 38.4. The molecule has 0 unspecified atom stereocenters. The van der Waals surface area contributed by atoms with Crippen molar-refractivity contribution in [3.63, 3.8) is 0 Å². The number of thiocarbonyl (C=S) groups is 1. The van der Waals surface area contributed by atoms with Gasteiger partial charge in [-0.1, -0.05) is 103 Å². The zero-order chi connectivity index (χ0) is 31.2. The summed E-state index contributed by atoms with van der Waals surface area (Å²) in [5.41, 5.74) is 4.62. The average molecular weight is 613 g/mol. The first-order chi connectivity index (χ1) is 22.0. The molecule has 6 rings (SSSR count). The highest BCUT2D eigenvalue weighted by Crippen LogP contribution is 2.42. The van der Waals surface area contributed by atoms with E-state index in [1.165, 1.54) is 6.33 Å². The molecule has 0 aliphatic carbocycles. The maximum Gasteiger partial charge on any atom is 0.184 e. The summed E-state index contributed by atoms with van der Waals surface area (Å²) in [6.45, 7) is 5.32. The molecule has 1 saturated heterocycles. The number of aliphatic hydroxyl groups is 1. The molecular weight excluding hydrogens is 577 g/mol. The summed E-state index contributed by atoms with van der Waals surface area (Å²) in [7, 11) is 2.10. The third-order valence-corrected chi connectivity index (χ3v) is 8.68. The van der Waals surface area contributed by atoms with E-state index in [-0.39, 0.29) is 5.76 Å². The lowest BCUT2D eigenvalue weighted by Gasteiger charge is -2.36. The van der Waals surface area contributed by atoms with Crippen molar-refractivity contribution in [2.45, 2.75) is 12.5 Å². The van der Waals surface area contributed by atoms with E-state index >= 15 is 0 Å². The number of ether oxygens (including phenoxy) is 1. The summed E-state index contributed by atoms with van der Waals surface area (Å²) < 4.78 is 7.20. The van der Waals surface area contributed by atoms with Gasteiger partial charge in [0.2, 0.25) is 0 Å². The van der Waals surface area contributed by atoms with Gasteiger partial charge in [-0.3, -0.25) is 0 Å². The van der Waals surface area contributed by atoms with Gasteiger partial charge in [-0.2, -0.15) is 0 Å². The fraction of sp³-hybridized carbons (Fsp3) is 0.184. The first-order valence-corrected chi connectivity index (χ1v) is 15.5. The molecule has 0 atom stereocenters. The summed E-state index contributed by atoms with van der Waals surface area (Å²) in [4.78, 5) is 13.6. The number of aliphatic hydroxyl groups excluding tert-OH is 1. The third kappa shape index (κ3) is 6.36. The molecule has 1 fully saturated rings. The number of aromatic nitrogens is 2. The highest BCUT2D eigenvalue weighted by atomic mass is 32.1. The van der Waals surface area contributed by atoms with Gasteiger partial charge in [-0.25, -0.2) is 9.97 Å². The minimum absolute atomic E-state index is 0.0518. The van der Waals surface area contributed by atoms with Gasteiger partial charge >= 0.3 is 0 Å². The molecule has 1 aliphatic rings. The molecule has 0 bridgehead atoms. The van der Waals surface area contributed by atoms with E-state index in [0.717, 1.165) is 48.4 Å². The number of nitrogens with zero attached hydrogens (tertiary/aromatic N) is 4. The van der Waals surface area contributed by atoms with E-state index < -0.39 is 5.60 Å². The highest BCUT2D eigenvalue weighted by Gasteiger charge is 2.39. The molecule has 45 heavy (non-hydrogen) atoms. The highest BCUT2D eigenvalue weighted by molar-refractivity contribution is 7.81. The van der Waals surface area contributed by atoms with Crippen molar-refractivity contribution in [2.75, 3.05) is 33.2 Å². The number of likely N-dealkylation sites (N-methyl/N-ethyl adjacent to an activating group) is 1. The molecular formula is C38H36N4O2S. The van der Waals surface area contributed by atoms with E-state index in [2.05, 4.69) is 63.2 Å². The second-order valence-electron chi connectivity index (χ2n) is 11.3. The largest absolute Gasteiger partial charge is 0.506 e. The van der Waals surface area contributed by atoms with Crippen LogP contribution in [0.15, 0.2) is 128 Å². The predicted octanol–water partition coefficient (Wildman–Crippen LogP) is 7.16. The van der Waals surface area contributed by atoms with Crippen LogP contribution in [-0.4, -0.2) is 63.1 Å². The van der Waals surface area contributed by atoms with E-state index in [1.54, 1.807) is 12.3 Å². The quantitative estimate of drug-likeness (QED) is 0.0864. The van der Waals surface area contributed by atoms with Gasteiger partial charge in [-0.15, -0.1) is 0 Å². The number of aryl methyl sites for hydroxylation is 1. The van der Waals surface area contributed by atoms with Gasteiger partial charge in [0.1, 0.15) is 22.8 Å². The van der Waals surface area contributed by atoms with Crippen LogP contribution >= 0.6 is 12.2 Å². The molecule has 1 aromatic heterocycles. The van der Waals surface area contributed by atoms with Crippen molar-refractivity contribution >= 4 is 28.5 Å². The Morgan fingerprint density at radius 1 is 0.778 bits per heavy atom. The van der Waals surface area contributed by atoms with Crippen LogP contribution < -0.4 is 4.74 Å². The summed E-state index contributed by atoms with van der Waals surface area (Å²) in [5, 5.41) is 12.0. The van der Waals surface area contributed by atoms with Gasteiger partial charge in [0, 0.05) is 54.6 Å². The zero-order valence-electron chi connectivity index (χ0n) is 25.5. The van der Waals surface area contributed by atoms with E-state index in [4.69, 9.17) is 17.0 Å². The van der Waals surface area contributed by atoms with Crippen LogP contribution in [0.4, 0.5) is 0 Å². The fourth-order valence-electron chi connectivity index (χ4n) is 5.90. The van der Waals surface area contributed by atoms with Crippen LogP contribution in [-0.2, 0) is 5.60 Å². The first kappa shape index (κ1) is 30.2. The molecule has 0 spiro atoms. The Morgan fingerprint density at radius 2 is 1.33 bits per heavy atom. The number of piperazine rings is 1. The van der Waals surface area contributed by atoms with Crippen LogP contribution in [0.3, 0.4) is 0 Å². The molecule has 5 aromatic rings. The first-order valence-electron chi connectivity index (χ1n) is 15.1. The van der Waals surface area contributed by atoms with Gasteiger partial charge in [0.05, 0.1) is 11.3 Å². The Hall–Kier alpha value is -4.85. The normalized spacial score (nSPS) is 14.5. The topological polar surface area (TPSA) is 61.7 Å². The second-order valence-corrected chi connectivity index (χ2v) is 11.7. The summed E-state index contributed by atoms with van der Waals surface area (Å²) >= 11 is 6.04. The van der Waals surface area contributed by atoms with Crippen molar-refractivity contribution in [3.8, 4) is 5.75 Å². The molecule has 6 nitrogen and oxygen atoms in total. The molecule has 1 N–H and O–H groups in total. The SMILES string of the molecule is Cc1cc(OC(c2ccccc2)(c2ccccc2)c2ccccc2)cc(C(O)=C(C(=S)N2CCN(C)CC2)c2ccncn2)c1. The van der Waals surface area contributed by atoms with Crippen LogP contribution in [0.25, 0.3) is 11.3 Å². The standard InChI is InChI=1S/C38H36N4O2S/c1-28-24-29(36(43)35(34-18-19-39-27-40-34)37(45)42-22-20-41(2)21-23-42)26-33(25-28)44-38(30-12-6-3-7-13-30,31-14-8-4-9-15-31)32-16-10-5-11-17-32/h3-19,24-27,43H,20-23H2,1-2H3. The van der Waals surface area contributed by atoms with Crippen LogP contribution in [0.1, 0.15) is 33.5 Å². The number of hydrogen-bond acceptors (Lipinski definition) is 6. The van der Waals surface area contributed by atoms with E-state index in [0.29, 0.717) is 27.6 Å². The molecule has 226 valence electrons. The maximum absolute atomic E-state index is 12.0. The van der Waals surface area contributed by atoms with Crippen molar-refractivity contribution in [1.29, 1.82) is 0 Å². The number of rotatable bonds is 8. The Morgan fingerprint density at radius 3 is 1.84 bits per heavy atom. The lowest BCUT2D eigenvalue weighted by Crippen LogP contribution is -2.47. The zero-order valence-corrected chi connectivity index (χ0v) is 26.3. The van der Waals surface area contributed by atoms with E-state index in [9.17, 15) is 5.11 Å². The smallest absolute Gasteiger partial charge is 0.184 e. The fourth-order valence-corrected chi connectivity index (χ4v) is 6.28. The Bertz CT molecular complexity index is 1680. The molecule has 7 heteroatoms. The van der Waals surface area contributed by atoms with Crippen LogP contribution in [0, 0.1) is 6.92 Å². The minimum Gasteiger partial charge on any atom is -0.506 e. The van der Waals surface area contributed by atoms with Gasteiger partial charge in [0.15, 0.2) is 5.60 Å². The van der Waals surface area contributed by atoms with Crippen molar-refractivity contribution in [1.82, 2.24) is 19.8 Å². The summed E-state index contributed by atoms with van der Waals surface area (Å²) in [6.07, 6.45) is 3.15. The maximum atomic E-state index is 12.0. The minimum atomic E-state index is -0.960. The molecule has 0 radical (unpaired) electrons. The van der Waals surface area contributed by atoms with E-state index in [1.807, 2.05) is 79.7 Å². The Balaban J connectivity index is 1.50. The van der Waals surface area contributed by atoms with Crippen LogP contribution in [0.2, 0.25) is 0 Å². The monoisotopic (exact) mass is 612 g/mol. The Labute approximate surface area is 270 Å².